The number of aliphatic hydroxyl groups excluding tert-OH is 1. The summed E-state index contributed by atoms with van der Waals surface area (Å²) in [7, 11) is 0. The summed E-state index contributed by atoms with van der Waals surface area (Å²) < 4.78 is 5.30. The molecule has 2 atom stereocenters. The first-order valence-corrected chi connectivity index (χ1v) is 3.45. The van der Waals surface area contributed by atoms with Gasteiger partial charge in [-0.15, -0.1) is 0 Å². The summed E-state index contributed by atoms with van der Waals surface area (Å²) in [5, 5.41) is 8.78. The van der Waals surface area contributed by atoms with E-state index in [9.17, 15) is 0 Å². The minimum Gasteiger partial charge on any atom is -0.396 e. The highest BCUT2D eigenvalue weighted by molar-refractivity contribution is 5.00. The van der Waals surface area contributed by atoms with Gasteiger partial charge < -0.3 is 9.84 Å². The Morgan fingerprint density at radius 2 is 2.44 bits per heavy atom. The third-order valence-electron chi connectivity index (χ3n) is 2.00. The van der Waals surface area contributed by atoms with Crippen LogP contribution in [-0.4, -0.2) is 24.4 Å². The fourth-order valence-corrected chi connectivity index (χ4v) is 0.992. The third-order valence-corrected chi connectivity index (χ3v) is 2.00. The lowest BCUT2D eigenvalue weighted by Gasteiger charge is -2.04. The van der Waals surface area contributed by atoms with Crippen LogP contribution in [0.3, 0.4) is 0 Å². The molecule has 0 heterocycles. The normalized spacial score (nSPS) is 41.0. The second-order valence-corrected chi connectivity index (χ2v) is 2.96. The number of rotatable bonds is 3. The molecule has 1 N–H and O–H groups in total. The van der Waals surface area contributed by atoms with E-state index in [1.807, 2.05) is 13.8 Å². The summed E-state index contributed by atoms with van der Waals surface area (Å²) in [6, 6.07) is 0. The molecule has 0 aromatic heterocycles. The van der Waals surface area contributed by atoms with E-state index in [1.54, 1.807) is 0 Å². The molecule has 0 amide bonds. The first-order chi connectivity index (χ1) is 4.23. The largest absolute Gasteiger partial charge is 0.396 e. The van der Waals surface area contributed by atoms with Crippen LogP contribution < -0.4 is 0 Å². The zero-order chi connectivity index (χ0) is 6.91. The lowest BCUT2D eigenvalue weighted by atomic mass is 10.2. The number of hydrogen-bond donors (Lipinski definition) is 1. The summed E-state index contributed by atoms with van der Waals surface area (Å²) >= 11 is 0. The van der Waals surface area contributed by atoms with Crippen LogP contribution in [-0.2, 0) is 4.74 Å². The van der Waals surface area contributed by atoms with Gasteiger partial charge in [0, 0.05) is 12.0 Å². The van der Waals surface area contributed by atoms with Crippen molar-refractivity contribution in [3.63, 3.8) is 0 Å². The Balaban J connectivity index is 2.22. The molecule has 2 unspecified atom stereocenters. The second kappa shape index (κ2) is 2.27. The molecule has 0 bridgehead atoms. The van der Waals surface area contributed by atoms with E-state index < -0.39 is 0 Å². The van der Waals surface area contributed by atoms with Crippen LogP contribution >= 0.6 is 0 Å². The molecule has 0 spiro atoms. The zero-order valence-corrected chi connectivity index (χ0v) is 6.05. The van der Waals surface area contributed by atoms with Gasteiger partial charge in [0.05, 0.1) is 12.7 Å². The van der Waals surface area contributed by atoms with Gasteiger partial charge in [-0.05, 0) is 13.3 Å². The Morgan fingerprint density at radius 1 is 1.78 bits per heavy atom. The van der Waals surface area contributed by atoms with Crippen LogP contribution in [0.5, 0.6) is 0 Å². The first-order valence-electron chi connectivity index (χ1n) is 3.45. The first kappa shape index (κ1) is 7.03. The second-order valence-electron chi connectivity index (χ2n) is 2.96. The average Bonchev–Trinajstić information content (AvgIpc) is 2.46. The van der Waals surface area contributed by atoms with Crippen LogP contribution in [0, 0.1) is 5.41 Å². The Hall–Kier alpha value is -0.0800. The summed E-state index contributed by atoms with van der Waals surface area (Å²) in [5.74, 6) is 0. The van der Waals surface area contributed by atoms with Gasteiger partial charge in [-0.1, -0.05) is 6.92 Å². The highest BCUT2D eigenvalue weighted by Gasteiger charge is 2.50. The van der Waals surface area contributed by atoms with E-state index in [-0.39, 0.29) is 12.0 Å². The van der Waals surface area contributed by atoms with E-state index in [0.29, 0.717) is 6.10 Å². The highest BCUT2D eigenvalue weighted by Crippen LogP contribution is 2.47. The van der Waals surface area contributed by atoms with Crippen molar-refractivity contribution < 1.29 is 9.84 Å². The van der Waals surface area contributed by atoms with Gasteiger partial charge in [0.1, 0.15) is 0 Å². The van der Waals surface area contributed by atoms with Gasteiger partial charge in [-0.3, -0.25) is 0 Å². The molecule has 1 saturated carbocycles. The summed E-state index contributed by atoms with van der Waals surface area (Å²) in [5.41, 5.74) is 0.0933. The molecule has 54 valence electrons. The van der Waals surface area contributed by atoms with Crippen LogP contribution in [0.15, 0.2) is 0 Å². The van der Waals surface area contributed by atoms with Crippen molar-refractivity contribution >= 4 is 0 Å². The topological polar surface area (TPSA) is 29.5 Å². The molecule has 9 heavy (non-hydrogen) atoms. The molecule has 0 aromatic rings. The van der Waals surface area contributed by atoms with Crippen molar-refractivity contribution in [2.75, 3.05) is 13.2 Å². The average molecular weight is 130 g/mol. The quantitative estimate of drug-likeness (QED) is 0.612. The molecular weight excluding hydrogens is 116 g/mol. The molecule has 2 nitrogen and oxygen atoms in total. The Labute approximate surface area is 55.8 Å². The van der Waals surface area contributed by atoms with Crippen molar-refractivity contribution in [1.82, 2.24) is 0 Å². The van der Waals surface area contributed by atoms with Crippen LogP contribution in [0.1, 0.15) is 20.3 Å². The zero-order valence-electron chi connectivity index (χ0n) is 6.05. The summed E-state index contributed by atoms with van der Waals surface area (Å²) in [4.78, 5) is 0. The number of hydrogen-bond acceptors (Lipinski definition) is 2. The summed E-state index contributed by atoms with van der Waals surface area (Å²) in [6.07, 6.45) is 1.35. The molecular formula is C7H14O2. The van der Waals surface area contributed by atoms with E-state index in [0.717, 1.165) is 13.0 Å². The minimum absolute atomic E-state index is 0.0933. The van der Waals surface area contributed by atoms with Crippen molar-refractivity contribution in [1.29, 1.82) is 0 Å². The smallest absolute Gasteiger partial charge is 0.0658 e. The number of ether oxygens (including phenoxy) is 1. The molecule has 2 heteroatoms. The van der Waals surface area contributed by atoms with E-state index >= 15 is 0 Å². The molecule has 1 aliphatic rings. The van der Waals surface area contributed by atoms with Gasteiger partial charge in [0.15, 0.2) is 0 Å². The summed E-state index contributed by atoms with van der Waals surface area (Å²) in [6.45, 7) is 5.06. The molecule has 1 aliphatic carbocycles. The molecule has 1 rings (SSSR count). The molecule has 0 aliphatic heterocycles. The van der Waals surface area contributed by atoms with Crippen molar-refractivity contribution in [3.05, 3.63) is 0 Å². The molecule has 1 fully saturated rings. The molecule has 0 saturated heterocycles. The Kier molecular flexibility index (Phi) is 1.78. The van der Waals surface area contributed by atoms with Gasteiger partial charge in [0.2, 0.25) is 0 Å². The fraction of sp³-hybridized carbons (Fsp3) is 1.00. The fourth-order valence-electron chi connectivity index (χ4n) is 0.992. The maximum absolute atomic E-state index is 8.78. The Morgan fingerprint density at radius 3 is 2.78 bits per heavy atom. The standard InChI is InChI=1S/C7H14O2/c1-3-9-6-4-7(6,2)5-8/h6,8H,3-5H2,1-2H3. The highest BCUT2D eigenvalue weighted by atomic mass is 16.5. The minimum atomic E-state index is 0.0933. The van der Waals surface area contributed by atoms with Crippen molar-refractivity contribution in [2.24, 2.45) is 5.41 Å². The molecule has 0 radical (unpaired) electrons. The third kappa shape index (κ3) is 1.25. The predicted molar refractivity (Wildman–Crippen MR) is 35.2 cm³/mol. The van der Waals surface area contributed by atoms with Gasteiger partial charge in [-0.25, -0.2) is 0 Å². The van der Waals surface area contributed by atoms with E-state index in [4.69, 9.17) is 9.84 Å². The van der Waals surface area contributed by atoms with Crippen molar-refractivity contribution in [3.8, 4) is 0 Å². The lowest BCUT2D eigenvalue weighted by Crippen LogP contribution is -2.09. The predicted octanol–water partition coefficient (Wildman–Crippen LogP) is 0.794. The lowest BCUT2D eigenvalue weighted by molar-refractivity contribution is 0.0832. The Bertz CT molecular complexity index is 101. The number of aliphatic hydroxyl groups is 1. The van der Waals surface area contributed by atoms with Gasteiger partial charge in [-0.2, -0.15) is 0 Å². The van der Waals surface area contributed by atoms with E-state index in [1.165, 1.54) is 0 Å². The van der Waals surface area contributed by atoms with Gasteiger partial charge >= 0.3 is 0 Å². The van der Waals surface area contributed by atoms with Gasteiger partial charge in [0.25, 0.3) is 0 Å². The van der Waals surface area contributed by atoms with Crippen molar-refractivity contribution in [2.45, 2.75) is 26.4 Å². The maximum Gasteiger partial charge on any atom is 0.0658 e. The SMILES string of the molecule is CCOC1CC1(C)CO. The van der Waals surface area contributed by atoms with Crippen LogP contribution in [0.25, 0.3) is 0 Å². The van der Waals surface area contributed by atoms with E-state index in [2.05, 4.69) is 0 Å². The maximum atomic E-state index is 8.78. The van der Waals surface area contributed by atoms with Crippen LogP contribution in [0.2, 0.25) is 0 Å². The van der Waals surface area contributed by atoms with Crippen LogP contribution in [0.4, 0.5) is 0 Å². The monoisotopic (exact) mass is 130 g/mol. The molecule has 0 aromatic carbocycles.